The second kappa shape index (κ2) is 3.53. The van der Waals surface area contributed by atoms with Crippen LogP contribution in [0.1, 0.15) is 29.5 Å². The van der Waals surface area contributed by atoms with Gasteiger partial charge in [0.15, 0.2) is 5.78 Å². The Morgan fingerprint density at radius 3 is 3.00 bits per heavy atom. The van der Waals surface area contributed by atoms with Crippen LogP contribution in [0.2, 0.25) is 0 Å². The van der Waals surface area contributed by atoms with Gasteiger partial charge in [0.05, 0.1) is 5.69 Å². The van der Waals surface area contributed by atoms with E-state index in [1.54, 1.807) is 6.92 Å². The smallest absolute Gasteiger partial charge is 0.179 e. The molecule has 0 saturated heterocycles. The number of rotatable bonds is 1. The minimum atomic E-state index is 0.0493. The van der Waals surface area contributed by atoms with Crippen LogP contribution in [-0.2, 0) is 13.1 Å². The van der Waals surface area contributed by atoms with Crippen molar-refractivity contribution in [1.82, 2.24) is 14.7 Å². The van der Waals surface area contributed by atoms with Crippen molar-refractivity contribution in [2.24, 2.45) is 0 Å². The van der Waals surface area contributed by atoms with Crippen LogP contribution in [-0.4, -0.2) is 34.1 Å². The standard InChI is InChI=1S/C10H15N3O/c1-8(14)10-6-9-7-12(2)4-3-5-13(9)11-10/h6H,3-5,7H2,1-2H3. The molecule has 0 amide bonds. The first-order valence-corrected chi connectivity index (χ1v) is 4.93. The number of fused-ring (bicyclic) bond motifs is 1. The van der Waals surface area contributed by atoms with Crippen molar-refractivity contribution in [3.63, 3.8) is 0 Å². The van der Waals surface area contributed by atoms with Crippen LogP contribution in [0, 0.1) is 0 Å². The van der Waals surface area contributed by atoms with Gasteiger partial charge >= 0.3 is 0 Å². The van der Waals surface area contributed by atoms with E-state index < -0.39 is 0 Å². The highest BCUT2D eigenvalue weighted by Gasteiger charge is 2.15. The van der Waals surface area contributed by atoms with Gasteiger partial charge in [-0.2, -0.15) is 5.10 Å². The van der Waals surface area contributed by atoms with E-state index in [4.69, 9.17) is 0 Å². The van der Waals surface area contributed by atoms with Crippen LogP contribution in [0.5, 0.6) is 0 Å². The van der Waals surface area contributed by atoms with E-state index in [9.17, 15) is 4.79 Å². The summed E-state index contributed by atoms with van der Waals surface area (Å²) in [5.74, 6) is 0.0493. The Balaban J connectivity index is 2.31. The summed E-state index contributed by atoms with van der Waals surface area (Å²) < 4.78 is 1.96. The van der Waals surface area contributed by atoms with Gasteiger partial charge in [0.25, 0.3) is 0 Å². The molecule has 1 aliphatic rings. The molecule has 0 bridgehead atoms. The van der Waals surface area contributed by atoms with Crippen LogP contribution >= 0.6 is 0 Å². The van der Waals surface area contributed by atoms with E-state index in [1.807, 2.05) is 10.7 Å². The van der Waals surface area contributed by atoms with Gasteiger partial charge in [-0.25, -0.2) is 0 Å². The fourth-order valence-corrected chi connectivity index (χ4v) is 1.79. The van der Waals surface area contributed by atoms with Crippen LogP contribution in [0.4, 0.5) is 0 Å². The van der Waals surface area contributed by atoms with Crippen molar-refractivity contribution in [2.45, 2.75) is 26.4 Å². The van der Waals surface area contributed by atoms with Crippen LogP contribution in [0.3, 0.4) is 0 Å². The van der Waals surface area contributed by atoms with Gasteiger partial charge in [-0.3, -0.25) is 9.48 Å². The lowest BCUT2D eigenvalue weighted by Crippen LogP contribution is -2.17. The highest BCUT2D eigenvalue weighted by molar-refractivity contribution is 5.92. The van der Waals surface area contributed by atoms with Gasteiger partial charge in [-0.15, -0.1) is 0 Å². The Labute approximate surface area is 83.5 Å². The van der Waals surface area contributed by atoms with E-state index >= 15 is 0 Å². The van der Waals surface area contributed by atoms with Crippen molar-refractivity contribution in [3.8, 4) is 0 Å². The zero-order valence-electron chi connectivity index (χ0n) is 8.66. The first-order valence-electron chi connectivity index (χ1n) is 4.93. The maximum Gasteiger partial charge on any atom is 0.179 e. The molecule has 1 aromatic rings. The number of ketones is 1. The van der Waals surface area contributed by atoms with Gasteiger partial charge in [0, 0.05) is 26.6 Å². The molecular formula is C10H15N3O. The molecule has 2 heterocycles. The highest BCUT2D eigenvalue weighted by Crippen LogP contribution is 2.12. The molecule has 0 unspecified atom stereocenters. The second-order valence-corrected chi connectivity index (χ2v) is 3.89. The molecule has 0 aromatic carbocycles. The van der Waals surface area contributed by atoms with Gasteiger partial charge < -0.3 is 4.90 Å². The average Bonchev–Trinajstić information content (AvgIpc) is 2.42. The molecule has 4 heteroatoms. The first kappa shape index (κ1) is 9.40. The van der Waals surface area contributed by atoms with Gasteiger partial charge in [0.2, 0.25) is 0 Å². The van der Waals surface area contributed by atoms with Gasteiger partial charge in [-0.05, 0) is 19.5 Å². The van der Waals surface area contributed by atoms with Crippen molar-refractivity contribution < 1.29 is 4.79 Å². The molecule has 0 N–H and O–H groups in total. The summed E-state index contributed by atoms with van der Waals surface area (Å²) in [6.45, 7) is 4.47. The first-order chi connectivity index (χ1) is 6.66. The highest BCUT2D eigenvalue weighted by atomic mass is 16.1. The molecule has 1 aliphatic heterocycles. The number of nitrogens with zero attached hydrogens (tertiary/aromatic N) is 3. The molecular weight excluding hydrogens is 178 g/mol. The summed E-state index contributed by atoms with van der Waals surface area (Å²) in [7, 11) is 2.09. The number of carbonyl (C=O) groups excluding carboxylic acids is 1. The Hall–Kier alpha value is -1.16. The Kier molecular flexibility index (Phi) is 2.37. The van der Waals surface area contributed by atoms with Crippen molar-refractivity contribution in [1.29, 1.82) is 0 Å². The molecule has 0 fully saturated rings. The number of carbonyl (C=O) groups is 1. The summed E-state index contributed by atoms with van der Waals surface area (Å²) in [6.07, 6.45) is 1.10. The third-order valence-electron chi connectivity index (χ3n) is 2.57. The number of Topliss-reactive ketones (excluding diaryl/α,β-unsaturated/α-hetero) is 1. The van der Waals surface area contributed by atoms with E-state index in [0.717, 1.165) is 31.7 Å². The molecule has 14 heavy (non-hydrogen) atoms. The van der Waals surface area contributed by atoms with Crippen molar-refractivity contribution in [2.75, 3.05) is 13.6 Å². The molecule has 0 radical (unpaired) electrons. The largest absolute Gasteiger partial charge is 0.300 e. The lowest BCUT2D eigenvalue weighted by atomic mass is 10.3. The van der Waals surface area contributed by atoms with Crippen molar-refractivity contribution in [3.05, 3.63) is 17.5 Å². The lowest BCUT2D eigenvalue weighted by Gasteiger charge is -2.10. The second-order valence-electron chi connectivity index (χ2n) is 3.89. The Morgan fingerprint density at radius 1 is 1.50 bits per heavy atom. The zero-order valence-corrected chi connectivity index (χ0v) is 8.66. The van der Waals surface area contributed by atoms with Crippen LogP contribution in [0.25, 0.3) is 0 Å². The Bertz CT molecular complexity index is 356. The predicted molar refractivity (Wildman–Crippen MR) is 53.2 cm³/mol. The summed E-state index contributed by atoms with van der Waals surface area (Å²) in [5.41, 5.74) is 1.74. The molecule has 0 atom stereocenters. The Morgan fingerprint density at radius 2 is 2.29 bits per heavy atom. The third-order valence-corrected chi connectivity index (χ3v) is 2.57. The number of hydrogen-bond acceptors (Lipinski definition) is 3. The maximum absolute atomic E-state index is 11.1. The quantitative estimate of drug-likeness (QED) is 0.622. The third kappa shape index (κ3) is 1.70. The summed E-state index contributed by atoms with van der Waals surface area (Å²) >= 11 is 0. The van der Waals surface area contributed by atoms with Crippen LogP contribution < -0.4 is 0 Å². The number of hydrogen-bond donors (Lipinski definition) is 0. The summed E-state index contributed by atoms with van der Waals surface area (Å²) in [4.78, 5) is 13.4. The molecule has 0 spiro atoms. The van der Waals surface area contributed by atoms with Gasteiger partial charge in [-0.1, -0.05) is 0 Å². The number of aromatic nitrogens is 2. The minimum absolute atomic E-state index is 0.0493. The molecule has 0 aliphatic carbocycles. The number of aryl methyl sites for hydroxylation is 1. The van der Waals surface area contributed by atoms with E-state index in [2.05, 4.69) is 17.0 Å². The molecule has 1 aromatic heterocycles. The van der Waals surface area contributed by atoms with Crippen molar-refractivity contribution >= 4 is 5.78 Å². The normalized spacial score (nSPS) is 17.6. The molecule has 0 saturated carbocycles. The lowest BCUT2D eigenvalue weighted by molar-refractivity contribution is 0.101. The van der Waals surface area contributed by atoms with E-state index in [1.165, 1.54) is 0 Å². The predicted octanol–water partition coefficient (Wildman–Crippen LogP) is 0.921. The van der Waals surface area contributed by atoms with Gasteiger partial charge in [0.1, 0.15) is 5.69 Å². The monoisotopic (exact) mass is 193 g/mol. The summed E-state index contributed by atoms with van der Waals surface area (Å²) in [6, 6.07) is 1.91. The zero-order chi connectivity index (χ0) is 10.1. The SMILES string of the molecule is CC(=O)c1cc2n(n1)CCCN(C)C2. The summed E-state index contributed by atoms with van der Waals surface area (Å²) in [5, 5.41) is 4.29. The fourth-order valence-electron chi connectivity index (χ4n) is 1.79. The molecule has 2 rings (SSSR count). The van der Waals surface area contributed by atoms with E-state index in [-0.39, 0.29) is 5.78 Å². The maximum atomic E-state index is 11.1. The average molecular weight is 193 g/mol. The fraction of sp³-hybridized carbons (Fsp3) is 0.600. The van der Waals surface area contributed by atoms with E-state index in [0.29, 0.717) is 5.69 Å². The molecule has 4 nitrogen and oxygen atoms in total. The topological polar surface area (TPSA) is 38.1 Å². The minimum Gasteiger partial charge on any atom is -0.300 e. The molecule has 76 valence electrons. The van der Waals surface area contributed by atoms with Crippen LogP contribution in [0.15, 0.2) is 6.07 Å².